The van der Waals surface area contributed by atoms with Crippen molar-refractivity contribution in [2.24, 2.45) is 5.73 Å². The number of carbonyl (C=O) groups is 1. The van der Waals surface area contributed by atoms with Crippen LogP contribution < -0.4 is 5.73 Å². The molecule has 1 aromatic carbocycles. The van der Waals surface area contributed by atoms with Crippen molar-refractivity contribution in [3.8, 4) is 0 Å². The van der Waals surface area contributed by atoms with Crippen molar-refractivity contribution < 1.29 is 4.79 Å². The van der Waals surface area contributed by atoms with Crippen molar-refractivity contribution in [3.63, 3.8) is 0 Å². The lowest BCUT2D eigenvalue weighted by Gasteiger charge is -2.25. The molecule has 0 heterocycles. The average Bonchev–Trinajstić information content (AvgIpc) is 2.35. The highest BCUT2D eigenvalue weighted by Crippen LogP contribution is 2.18. The summed E-state index contributed by atoms with van der Waals surface area (Å²) in [6.07, 6.45) is 1.29. The van der Waals surface area contributed by atoms with E-state index in [1.807, 2.05) is 44.3 Å². The monoisotopic (exact) mass is 256 g/mol. The molecule has 0 radical (unpaired) electrons. The van der Waals surface area contributed by atoms with Gasteiger partial charge in [-0.05, 0) is 25.5 Å². The van der Waals surface area contributed by atoms with Crippen molar-refractivity contribution in [1.82, 2.24) is 4.90 Å². The molecule has 0 saturated carbocycles. The van der Waals surface area contributed by atoms with Crippen molar-refractivity contribution in [2.45, 2.75) is 25.8 Å². The lowest BCUT2D eigenvalue weighted by atomic mass is 10.1. The smallest absolute Gasteiger partial charge is 0.222 e. The first-order valence-corrected chi connectivity index (χ1v) is 5.67. The molecule has 0 bridgehead atoms. The zero-order valence-corrected chi connectivity index (χ0v) is 11.2. The van der Waals surface area contributed by atoms with Gasteiger partial charge in [-0.15, -0.1) is 12.4 Å². The van der Waals surface area contributed by atoms with Crippen LogP contribution in [-0.2, 0) is 4.79 Å². The number of hydrogen-bond donors (Lipinski definition) is 1. The molecule has 17 heavy (non-hydrogen) atoms. The second-order valence-corrected chi connectivity index (χ2v) is 3.98. The van der Waals surface area contributed by atoms with E-state index in [0.717, 1.165) is 12.0 Å². The first-order valence-electron chi connectivity index (χ1n) is 5.67. The summed E-state index contributed by atoms with van der Waals surface area (Å²) in [4.78, 5) is 13.6. The van der Waals surface area contributed by atoms with Gasteiger partial charge in [0, 0.05) is 13.5 Å². The van der Waals surface area contributed by atoms with Gasteiger partial charge in [-0.3, -0.25) is 4.79 Å². The van der Waals surface area contributed by atoms with E-state index in [4.69, 9.17) is 5.73 Å². The van der Waals surface area contributed by atoms with E-state index in [-0.39, 0.29) is 24.4 Å². The van der Waals surface area contributed by atoms with Gasteiger partial charge in [0.15, 0.2) is 0 Å². The molecule has 1 amide bonds. The molecule has 1 rings (SSSR count). The Kier molecular flexibility index (Phi) is 7.59. The van der Waals surface area contributed by atoms with Crippen molar-refractivity contribution >= 4 is 18.3 Å². The number of halogens is 1. The summed E-state index contributed by atoms with van der Waals surface area (Å²) in [5, 5.41) is 0. The first-order chi connectivity index (χ1) is 7.66. The van der Waals surface area contributed by atoms with Gasteiger partial charge in [0.05, 0.1) is 6.04 Å². The summed E-state index contributed by atoms with van der Waals surface area (Å²) in [6.45, 7) is 2.61. The molecule has 0 saturated heterocycles. The first kappa shape index (κ1) is 15.9. The fourth-order valence-electron chi connectivity index (χ4n) is 1.60. The molecule has 0 spiro atoms. The number of nitrogens with zero attached hydrogens (tertiary/aromatic N) is 1. The predicted molar refractivity (Wildman–Crippen MR) is 73.2 cm³/mol. The topological polar surface area (TPSA) is 46.3 Å². The quantitative estimate of drug-likeness (QED) is 0.879. The molecule has 96 valence electrons. The van der Waals surface area contributed by atoms with E-state index in [1.54, 1.807) is 4.90 Å². The Hall–Kier alpha value is -1.06. The molecule has 0 aliphatic heterocycles. The molecule has 0 aliphatic rings. The number of amides is 1. The van der Waals surface area contributed by atoms with Crippen molar-refractivity contribution in [1.29, 1.82) is 0 Å². The third-order valence-electron chi connectivity index (χ3n) is 2.85. The van der Waals surface area contributed by atoms with Crippen LogP contribution in [0.5, 0.6) is 0 Å². The van der Waals surface area contributed by atoms with Crippen LogP contribution in [0.2, 0.25) is 0 Å². The van der Waals surface area contributed by atoms with Gasteiger partial charge in [0.1, 0.15) is 0 Å². The number of hydrogen-bond acceptors (Lipinski definition) is 2. The summed E-state index contributed by atoms with van der Waals surface area (Å²) in [5.74, 6) is 0.154. The van der Waals surface area contributed by atoms with Gasteiger partial charge in [-0.2, -0.15) is 0 Å². The molecule has 4 heteroatoms. The fraction of sp³-hybridized carbons (Fsp3) is 0.462. The summed E-state index contributed by atoms with van der Waals surface area (Å²) in [5.41, 5.74) is 6.55. The molecule has 2 N–H and O–H groups in total. The molecule has 3 nitrogen and oxygen atoms in total. The van der Waals surface area contributed by atoms with Crippen LogP contribution >= 0.6 is 12.4 Å². The zero-order valence-electron chi connectivity index (χ0n) is 10.4. The molecule has 1 atom stereocenters. The Morgan fingerprint density at radius 3 is 2.47 bits per heavy atom. The van der Waals surface area contributed by atoms with E-state index in [9.17, 15) is 4.79 Å². The van der Waals surface area contributed by atoms with Crippen LogP contribution in [0.4, 0.5) is 0 Å². The Morgan fingerprint density at radius 1 is 1.35 bits per heavy atom. The molecule has 1 aromatic rings. The van der Waals surface area contributed by atoms with Gasteiger partial charge in [-0.1, -0.05) is 30.3 Å². The molecular weight excluding hydrogens is 236 g/mol. The Morgan fingerprint density at radius 2 is 1.94 bits per heavy atom. The lowest BCUT2D eigenvalue weighted by molar-refractivity contribution is -0.131. The zero-order chi connectivity index (χ0) is 12.0. The molecular formula is C13H21ClN2O. The molecule has 0 aromatic heterocycles. The largest absolute Gasteiger partial charge is 0.339 e. The fourth-order valence-corrected chi connectivity index (χ4v) is 1.60. The Labute approximate surface area is 109 Å². The summed E-state index contributed by atoms with van der Waals surface area (Å²) < 4.78 is 0. The Balaban J connectivity index is 0.00000256. The van der Waals surface area contributed by atoms with E-state index < -0.39 is 0 Å². The standard InChI is InChI=1S/C13H20N2O.ClH/c1-11(12-7-4-3-5-8-12)15(2)13(16)9-6-10-14;/h3-5,7-8,11H,6,9-10,14H2,1-2H3;1H. The van der Waals surface area contributed by atoms with Gasteiger partial charge in [0.25, 0.3) is 0 Å². The normalized spacial score (nSPS) is 11.5. The molecule has 0 aliphatic carbocycles. The van der Waals surface area contributed by atoms with Crippen LogP contribution in [0.25, 0.3) is 0 Å². The van der Waals surface area contributed by atoms with E-state index in [1.165, 1.54) is 0 Å². The third kappa shape index (κ3) is 4.75. The predicted octanol–water partition coefficient (Wildman–Crippen LogP) is 2.37. The van der Waals surface area contributed by atoms with E-state index in [2.05, 4.69) is 0 Å². The van der Waals surface area contributed by atoms with E-state index in [0.29, 0.717) is 13.0 Å². The van der Waals surface area contributed by atoms with Crippen LogP contribution in [-0.4, -0.2) is 24.4 Å². The highest BCUT2D eigenvalue weighted by Gasteiger charge is 2.16. The second-order valence-electron chi connectivity index (χ2n) is 3.98. The van der Waals surface area contributed by atoms with Gasteiger partial charge < -0.3 is 10.6 Å². The summed E-state index contributed by atoms with van der Waals surface area (Å²) in [6, 6.07) is 10.2. The third-order valence-corrected chi connectivity index (χ3v) is 2.85. The highest BCUT2D eigenvalue weighted by molar-refractivity contribution is 5.85. The maximum Gasteiger partial charge on any atom is 0.222 e. The maximum atomic E-state index is 11.8. The number of nitrogens with two attached hydrogens (primary N) is 1. The maximum absolute atomic E-state index is 11.8. The minimum atomic E-state index is 0. The van der Waals surface area contributed by atoms with E-state index >= 15 is 0 Å². The minimum Gasteiger partial charge on any atom is -0.339 e. The lowest BCUT2D eigenvalue weighted by Crippen LogP contribution is -2.29. The number of carbonyl (C=O) groups excluding carboxylic acids is 1. The van der Waals surface area contributed by atoms with Crippen molar-refractivity contribution in [3.05, 3.63) is 35.9 Å². The Bertz CT molecular complexity index is 329. The van der Waals surface area contributed by atoms with Gasteiger partial charge in [0.2, 0.25) is 5.91 Å². The van der Waals surface area contributed by atoms with Crippen LogP contribution in [0.15, 0.2) is 30.3 Å². The summed E-state index contributed by atoms with van der Waals surface area (Å²) >= 11 is 0. The van der Waals surface area contributed by atoms with Gasteiger partial charge in [-0.25, -0.2) is 0 Å². The summed E-state index contributed by atoms with van der Waals surface area (Å²) in [7, 11) is 1.84. The van der Waals surface area contributed by atoms with Gasteiger partial charge >= 0.3 is 0 Å². The highest BCUT2D eigenvalue weighted by atomic mass is 35.5. The second kappa shape index (κ2) is 8.09. The molecule has 0 fully saturated rings. The average molecular weight is 257 g/mol. The number of benzene rings is 1. The van der Waals surface area contributed by atoms with Crippen LogP contribution in [0, 0.1) is 0 Å². The number of rotatable bonds is 5. The van der Waals surface area contributed by atoms with Crippen molar-refractivity contribution in [2.75, 3.05) is 13.6 Å². The molecule has 1 unspecified atom stereocenters. The minimum absolute atomic E-state index is 0. The van der Waals surface area contributed by atoms with Crippen LogP contribution in [0.3, 0.4) is 0 Å². The SMILES string of the molecule is CC(c1ccccc1)N(C)C(=O)CCCN.Cl. The van der Waals surface area contributed by atoms with Crippen LogP contribution in [0.1, 0.15) is 31.4 Å².